The van der Waals surface area contributed by atoms with E-state index in [9.17, 15) is 9.59 Å². The van der Waals surface area contributed by atoms with Gasteiger partial charge < -0.3 is 10.2 Å². The van der Waals surface area contributed by atoms with Gasteiger partial charge in [-0.05, 0) is 37.0 Å². The Labute approximate surface area is 220 Å². The van der Waals surface area contributed by atoms with E-state index in [1.165, 1.54) is 5.56 Å². The normalized spacial score (nSPS) is 12.5. The van der Waals surface area contributed by atoms with Crippen LogP contribution < -0.4 is 5.32 Å². The lowest BCUT2D eigenvalue weighted by molar-refractivity contribution is -0.141. The number of hydrogen-bond acceptors (Lipinski definition) is 3. The first-order valence-corrected chi connectivity index (χ1v) is 13.9. The third-order valence-electron chi connectivity index (χ3n) is 6.28. The SMILES string of the molecule is CC[C@@H](C)NC(=O)[C@@H](Cc1ccccc1)N(Cc1cccc(C)c1)C(=O)CCSCc1ccccc1. The van der Waals surface area contributed by atoms with Crippen molar-refractivity contribution in [2.75, 3.05) is 5.75 Å². The molecule has 0 aromatic heterocycles. The van der Waals surface area contributed by atoms with Gasteiger partial charge in [0.25, 0.3) is 0 Å². The van der Waals surface area contributed by atoms with E-state index in [4.69, 9.17) is 0 Å². The first kappa shape index (κ1) is 27.5. The summed E-state index contributed by atoms with van der Waals surface area (Å²) in [6, 6.07) is 27.9. The molecule has 190 valence electrons. The van der Waals surface area contributed by atoms with Crippen LogP contribution in [0.2, 0.25) is 0 Å². The molecule has 3 rings (SSSR count). The Morgan fingerprint density at radius 3 is 2.17 bits per heavy atom. The maximum absolute atomic E-state index is 13.7. The Hall–Kier alpha value is -3.05. The standard InChI is InChI=1S/C31H38N2O2S/c1-4-25(3)32-31(35)29(21-26-13-7-5-8-14-26)33(22-28-17-11-12-24(2)20-28)30(34)18-19-36-23-27-15-9-6-10-16-27/h5-17,20,25,29H,4,18-19,21-23H2,1-3H3,(H,32,35)/t25-,29-/m1/s1. The van der Waals surface area contributed by atoms with Crippen LogP contribution in [-0.2, 0) is 28.3 Å². The van der Waals surface area contributed by atoms with Gasteiger partial charge >= 0.3 is 0 Å². The molecule has 0 radical (unpaired) electrons. The lowest BCUT2D eigenvalue weighted by atomic mass is 10.0. The van der Waals surface area contributed by atoms with Crippen LogP contribution >= 0.6 is 11.8 Å². The van der Waals surface area contributed by atoms with Gasteiger partial charge in [-0.25, -0.2) is 0 Å². The highest BCUT2D eigenvalue weighted by atomic mass is 32.2. The van der Waals surface area contributed by atoms with Crippen molar-refractivity contribution in [3.05, 3.63) is 107 Å². The van der Waals surface area contributed by atoms with Crippen LogP contribution in [-0.4, -0.2) is 34.6 Å². The van der Waals surface area contributed by atoms with Crippen molar-refractivity contribution < 1.29 is 9.59 Å². The summed E-state index contributed by atoms with van der Waals surface area (Å²) in [4.78, 5) is 29.0. The molecule has 3 aromatic carbocycles. The predicted molar refractivity (Wildman–Crippen MR) is 151 cm³/mol. The molecule has 0 saturated heterocycles. The maximum atomic E-state index is 13.7. The highest BCUT2D eigenvalue weighted by Gasteiger charge is 2.30. The fraction of sp³-hybridized carbons (Fsp3) is 0.355. The molecule has 2 atom stereocenters. The Kier molecular flexibility index (Phi) is 11.1. The summed E-state index contributed by atoms with van der Waals surface area (Å²) < 4.78 is 0. The van der Waals surface area contributed by atoms with E-state index >= 15 is 0 Å². The number of carbonyl (C=O) groups is 2. The van der Waals surface area contributed by atoms with E-state index < -0.39 is 6.04 Å². The van der Waals surface area contributed by atoms with Crippen LogP contribution in [0.25, 0.3) is 0 Å². The Balaban J connectivity index is 1.80. The Morgan fingerprint density at radius 1 is 0.889 bits per heavy atom. The van der Waals surface area contributed by atoms with E-state index in [0.717, 1.165) is 28.9 Å². The molecule has 0 fully saturated rings. The number of rotatable bonds is 13. The van der Waals surface area contributed by atoms with E-state index in [1.54, 1.807) is 16.7 Å². The number of amides is 2. The fourth-order valence-corrected chi connectivity index (χ4v) is 4.96. The largest absolute Gasteiger partial charge is 0.352 e. The lowest BCUT2D eigenvalue weighted by Crippen LogP contribution is -2.52. The van der Waals surface area contributed by atoms with E-state index in [2.05, 4.69) is 30.4 Å². The van der Waals surface area contributed by atoms with Crippen LogP contribution in [0.5, 0.6) is 0 Å². The van der Waals surface area contributed by atoms with Gasteiger partial charge in [0, 0.05) is 36.9 Å². The molecule has 0 spiro atoms. The van der Waals surface area contributed by atoms with Crippen molar-refractivity contribution in [2.24, 2.45) is 0 Å². The summed E-state index contributed by atoms with van der Waals surface area (Å²) in [5.74, 6) is 1.50. The van der Waals surface area contributed by atoms with E-state index in [-0.39, 0.29) is 17.9 Å². The van der Waals surface area contributed by atoms with Crippen molar-refractivity contribution in [1.82, 2.24) is 10.2 Å². The van der Waals surface area contributed by atoms with E-state index in [0.29, 0.717) is 25.1 Å². The molecule has 2 amide bonds. The second-order valence-corrected chi connectivity index (χ2v) is 10.4. The van der Waals surface area contributed by atoms with Crippen LogP contribution in [0.1, 0.15) is 48.9 Å². The van der Waals surface area contributed by atoms with Crippen LogP contribution in [0.3, 0.4) is 0 Å². The number of carbonyl (C=O) groups excluding carboxylic acids is 2. The zero-order valence-corrected chi connectivity index (χ0v) is 22.5. The van der Waals surface area contributed by atoms with E-state index in [1.807, 2.05) is 80.6 Å². The minimum atomic E-state index is -0.575. The Bertz CT molecular complexity index is 1090. The molecule has 36 heavy (non-hydrogen) atoms. The van der Waals surface area contributed by atoms with Crippen molar-refractivity contribution in [1.29, 1.82) is 0 Å². The zero-order valence-electron chi connectivity index (χ0n) is 21.7. The summed E-state index contributed by atoms with van der Waals surface area (Å²) in [6.07, 6.45) is 1.72. The van der Waals surface area contributed by atoms with Crippen molar-refractivity contribution >= 4 is 23.6 Å². The van der Waals surface area contributed by atoms with Gasteiger partial charge in [-0.1, -0.05) is 97.4 Å². The molecule has 0 heterocycles. The van der Waals surface area contributed by atoms with Crippen LogP contribution in [0.4, 0.5) is 0 Å². The predicted octanol–water partition coefficient (Wildman–Crippen LogP) is 6.17. The smallest absolute Gasteiger partial charge is 0.243 e. The average molecular weight is 503 g/mol. The topological polar surface area (TPSA) is 49.4 Å². The molecule has 0 aliphatic carbocycles. The first-order valence-electron chi connectivity index (χ1n) is 12.8. The average Bonchev–Trinajstić information content (AvgIpc) is 2.89. The molecule has 3 aromatic rings. The molecule has 0 unspecified atom stereocenters. The second-order valence-electron chi connectivity index (χ2n) is 9.32. The van der Waals surface area contributed by atoms with Gasteiger partial charge in [0.2, 0.25) is 11.8 Å². The third kappa shape index (κ3) is 8.87. The summed E-state index contributed by atoms with van der Waals surface area (Å²) in [5, 5.41) is 3.13. The number of thioether (sulfide) groups is 1. The molecule has 0 bridgehead atoms. The van der Waals surface area contributed by atoms with Gasteiger partial charge in [-0.3, -0.25) is 9.59 Å². The molecule has 0 aliphatic heterocycles. The lowest BCUT2D eigenvalue weighted by Gasteiger charge is -2.32. The Morgan fingerprint density at radius 2 is 1.53 bits per heavy atom. The van der Waals surface area contributed by atoms with Gasteiger partial charge in [0.1, 0.15) is 6.04 Å². The van der Waals surface area contributed by atoms with Gasteiger partial charge in [0.05, 0.1) is 0 Å². The zero-order chi connectivity index (χ0) is 25.8. The number of hydrogen-bond donors (Lipinski definition) is 1. The highest BCUT2D eigenvalue weighted by Crippen LogP contribution is 2.19. The minimum absolute atomic E-state index is 0.0114. The van der Waals surface area contributed by atoms with Gasteiger partial charge in [-0.15, -0.1) is 0 Å². The van der Waals surface area contributed by atoms with Crippen molar-refractivity contribution in [2.45, 2.75) is 64.4 Å². The van der Waals surface area contributed by atoms with Crippen molar-refractivity contribution in [3.8, 4) is 0 Å². The summed E-state index contributed by atoms with van der Waals surface area (Å²) in [7, 11) is 0. The van der Waals surface area contributed by atoms with Gasteiger partial charge in [0.15, 0.2) is 0 Å². The summed E-state index contributed by atoms with van der Waals surface area (Å²) in [6.45, 7) is 6.52. The third-order valence-corrected chi connectivity index (χ3v) is 7.31. The number of aryl methyl sites for hydroxylation is 1. The number of nitrogens with one attached hydrogen (secondary N) is 1. The fourth-order valence-electron chi connectivity index (χ4n) is 4.07. The summed E-state index contributed by atoms with van der Waals surface area (Å²) in [5.41, 5.74) is 4.47. The van der Waals surface area contributed by atoms with Crippen molar-refractivity contribution in [3.63, 3.8) is 0 Å². The van der Waals surface area contributed by atoms with Crippen LogP contribution in [0, 0.1) is 6.92 Å². The minimum Gasteiger partial charge on any atom is -0.352 e. The monoisotopic (exact) mass is 502 g/mol. The summed E-state index contributed by atoms with van der Waals surface area (Å²) >= 11 is 1.75. The number of nitrogens with zero attached hydrogens (tertiary/aromatic N) is 1. The quantitative estimate of drug-likeness (QED) is 0.284. The maximum Gasteiger partial charge on any atom is 0.243 e. The highest BCUT2D eigenvalue weighted by molar-refractivity contribution is 7.98. The molecule has 5 heteroatoms. The molecule has 4 nitrogen and oxygen atoms in total. The molecule has 1 N–H and O–H groups in total. The van der Waals surface area contributed by atoms with Gasteiger partial charge in [-0.2, -0.15) is 11.8 Å². The molecular weight excluding hydrogens is 464 g/mol. The van der Waals surface area contributed by atoms with Crippen LogP contribution in [0.15, 0.2) is 84.9 Å². The second kappa shape index (κ2) is 14.5. The first-order chi connectivity index (χ1) is 17.5. The molecule has 0 aliphatic rings. The molecule has 0 saturated carbocycles. The molecular formula is C31H38N2O2S. The number of benzene rings is 3.